The number of benzene rings is 2. The van der Waals surface area contributed by atoms with Crippen LogP contribution in [0.2, 0.25) is 0 Å². The zero-order valence-electron chi connectivity index (χ0n) is 17.3. The minimum absolute atomic E-state index is 0.0841. The van der Waals surface area contributed by atoms with Crippen LogP contribution >= 0.6 is 0 Å². The van der Waals surface area contributed by atoms with E-state index in [4.69, 9.17) is 9.47 Å². The van der Waals surface area contributed by atoms with Gasteiger partial charge in [-0.1, -0.05) is 13.0 Å². The van der Waals surface area contributed by atoms with Gasteiger partial charge in [-0.15, -0.1) is 0 Å². The third kappa shape index (κ3) is 4.88. The molecule has 0 spiro atoms. The van der Waals surface area contributed by atoms with Crippen LogP contribution in [-0.2, 0) is 14.8 Å². The van der Waals surface area contributed by atoms with Gasteiger partial charge in [0.15, 0.2) is 11.5 Å². The van der Waals surface area contributed by atoms with Gasteiger partial charge in [-0.2, -0.15) is 0 Å². The monoisotopic (exact) mass is 449 g/mol. The van der Waals surface area contributed by atoms with Gasteiger partial charge in [-0.3, -0.25) is 19.2 Å². The van der Waals surface area contributed by atoms with Crippen LogP contribution in [0.4, 0.5) is 17.1 Å². The summed E-state index contributed by atoms with van der Waals surface area (Å²) in [6.07, 6.45) is 1.11. The molecule has 0 aromatic heterocycles. The van der Waals surface area contributed by atoms with E-state index in [1.807, 2.05) is 0 Å². The van der Waals surface area contributed by atoms with Crippen LogP contribution in [0.15, 0.2) is 36.4 Å². The summed E-state index contributed by atoms with van der Waals surface area (Å²) in [7, 11) is -3.94. The van der Waals surface area contributed by atoms with Crippen molar-refractivity contribution in [2.24, 2.45) is 0 Å². The number of ether oxygens (including phenoxy) is 2. The summed E-state index contributed by atoms with van der Waals surface area (Å²) in [5.41, 5.74) is 0.718. The second-order valence-electron chi connectivity index (χ2n) is 7.06. The molecule has 11 heteroatoms. The maximum atomic E-state index is 13.1. The molecule has 0 saturated carbocycles. The summed E-state index contributed by atoms with van der Waals surface area (Å²) >= 11 is 0. The molecule has 0 aliphatic carbocycles. The quantitative estimate of drug-likeness (QED) is 0.508. The van der Waals surface area contributed by atoms with Crippen molar-refractivity contribution < 1.29 is 27.6 Å². The van der Waals surface area contributed by atoms with Gasteiger partial charge in [-0.05, 0) is 31.0 Å². The number of nitro groups is 1. The second kappa shape index (κ2) is 8.80. The highest BCUT2D eigenvalue weighted by atomic mass is 32.2. The Morgan fingerprint density at radius 3 is 2.48 bits per heavy atom. The number of hydrogen-bond donors (Lipinski definition) is 1. The van der Waals surface area contributed by atoms with Gasteiger partial charge in [-0.25, -0.2) is 8.42 Å². The fourth-order valence-electron chi connectivity index (χ4n) is 3.33. The lowest BCUT2D eigenvalue weighted by atomic mass is 10.1. The number of carbonyl (C=O) groups excluding carboxylic acids is 1. The normalized spacial score (nSPS) is 13.9. The molecule has 1 aliphatic rings. The molecule has 166 valence electrons. The van der Waals surface area contributed by atoms with E-state index in [1.165, 1.54) is 12.1 Å². The number of amides is 1. The van der Waals surface area contributed by atoms with Crippen LogP contribution in [0.1, 0.15) is 18.9 Å². The van der Waals surface area contributed by atoms with E-state index in [0.29, 0.717) is 36.0 Å². The number of aryl methyl sites for hydroxylation is 1. The van der Waals surface area contributed by atoms with E-state index in [0.717, 1.165) is 16.6 Å². The first-order valence-corrected chi connectivity index (χ1v) is 11.4. The number of non-ortho nitro benzene ring substituents is 1. The first-order valence-electron chi connectivity index (χ1n) is 9.56. The smallest absolute Gasteiger partial charge is 0.271 e. The largest absolute Gasteiger partial charge is 0.486 e. The molecular formula is C20H23N3O7S. The Kier molecular flexibility index (Phi) is 6.34. The zero-order chi connectivity index (χ0) is 22.8. The van der Waals surface area contributed by atoms with Gasteiger partial charge in [0.1, 0.15) is 19.3 Å². The number of nitro benzene ring substituents is 1. The Balaban J connectivity index is 1.96. The topological polar surface area (TPSA) is 128 Å². The average molecular weight is 449 g/mol. The molecule has 0 unspecified atom stereocenters. The molecule has 2 aromatic rings. The van der Waals surface area contributed by atoms with Crippen LogP contribution in [0.25, 0.3) is 0 Å². The Morgan fingerprint density at radius 2 is 1.87 bits per heavy atom. The number of sulfonamides is 1. The molecule has 10 nitrogen and oxygen atoms in total. The minimum atomic E-state index is -3.94. The Bertz CT molecular complexity index is 1120. The summed E-state index contributed by atoms with van der Waals surface area (Å²) < 4.78 is 37.2. The molecule has 2 aromatic carbocycles. The summed E-state index contributed by atoms with van der Waals surface area (Å²) in [6.45, 7) is 4.11. The first kappa shape index (κ1) is 22.3. The molecule has 1 atom stereocenters. The summed E-state index contributed by atoms with van der Waals surface area (Å²) in [6, 6.07) is 7.67. The van der Waals surface area contributed by atoms with Gasteiger partial charge in [0, 0.05) is 23.9 Å². The van der Waals surface area contributed by atoms with Gasteiger partial charge < -0.3 is 14.8 Å². The van der Waals surface area contributed by atoms with Gasteiger partial charge >= 0.3 is 0 Å². The summed E-state index contributed by atoms with van der Waals surface area (Å²) in [5.74, 6) is 0.461. The Hall–Kier alpha value is -3.34. The van der Waals surface area contributed by atoms with Crippen molar-refractivity contribution >= 4 is 33.0 Å². The number of nitrogens with one attached hydrogen (secondary N) is 1. The molecule has 0 radical (unpaired) electrons. The molecule has 3 rings (SSSR count). The first-order chi connectivity index (χ1) is 14.6. The van der Waals surface area contributed by atoms with E-state index in [9.17, 15) is 23.3 Å². The number of hydrogen-bond acceptors (Lipinski definition) is 7. The van der Waals surface area contributed by atoms with Crippen LogP contribution < -0.4 is 19.1 Å². The molecule has 1 amide bonds. The number of anilines is 2. The zero-order valence-corrected chi connectivity index (χ0v) is 18.1. The molecule has 0 saturated heterocycles. The predicted octanol–water partition coefficient (Wildman–Crippen LogP) is 2.86. The fourth-order valence-corrected chi connectivity index (χ4v) is 4.59. The van der Waals surface area contributed by atoms with Crippen LogP contribution in [0.5, 0.6) is 11.5 Å². The van der Waals surface area contributed by atoms with Crippen LogP contribution in [0, 0.1) is 17.0 Å². The third-order valence-electron chi connectivity index (χ3n) is 4.78. The van der Waals surface area contributed by atoms with Gasteiger partial charge in [0.2, 0.25) is 15.9 Å². The van der Waals surface area contributed by atoms with E-state index in [1.54, 1.807) is 32.0 Å². The Labute approximate surface area is 180 Å². The van der Waals surface area contributed by atoms with E-state index in [-0.39, 0.29) is 17.8 Å². The number of rotatable bonds is 7. The molecule has 1 aliphatic heterocycles. The van der Waals surface area contributed by atoms with Gasteiger partial charge in [0.25, 0.3) is 5.69 Å². The van der Waals surface area contributed by atoms with Crippen LogP contribution in [0.3, 0.4) is 0 Å². The maximum absolute atomic E-state index is 13.1. The van der Waals surface area contributed by atoms with Crippen molar-refractivity contribution in [3.05, 3.63) is 52.1 Å². The molecule has 31 heavy (non-hydrogen) atoms. The SMILES string of the molecule is CC[C@@H](C(=O)Nc1ccc2c(c1)OCCO2)N(c1cc([N+](=O)[O-])ccc1C)S(C)(=O)=O. The number of carbonyl (C=O) groups is 1. The van der Waals surface area contributed by atoms with Crippen molar-refractivity contribution in [1.82, 2.24) is 0 Å². The van der Waals surface area contributed by atoms with Crippen LogP contribution in [-0.4, -0.2) is 44.8 Å². The van der Waals surface area contributed by atoms with Crippen molar-refractivity contribution in [2.75, 3.05) is 29.1 Å². The van der Waals surface area contributed by atoms with Crippen molar-refractivity contribution in [3.8, 4) is 11.5 Å². The van der Waals surface area contributed by atoms with Crippen molar-refractivity contribution in [2.45, 2.75) is 26.3 Å². The van der Waals surface area contributed by atoms with E-state index in [2.05, 4.69) is 5.32 Å². The standard InChI is InChI=1S/C20H23N3O7S/c1-4-16(20(24)21-14-6-8-18-19(11-14)30-10-9-29-18)22(31(3,27)28)17-12-15(23(25)26)7-5-13(17)2/h5-8,11-12,16H,4,9-10H2,1-3H3,(H,21,24)/t16-/m0/s1. The lowest BCUT2D eigenvalue weighted by Gasteiger charge is -2.31. The molecule has 1 N–H and O–H groups in total. The average Bonchev–Trinajstić information content (AvgIpc) is 2.71. The minimum Gasteiger partial charge on any atom is -0.486 e. The van der Waals surface area contributed by atoms with Gasteiger partial charge in [0.05, 0.1) is 16.9 Å². The predicted molar refractivity (Wildman–Crippen MR) is 115 cm³/mol. The second-order valence-corrected chi connectivity index (χ2v) is 8.92. The van der Waals surface area contributed by atoms with E-state index < -0.39 is 26.9 Å². The summed E-state index contributed by atoms with van der Waals surface area (Å²) in [4.78, 5) is 23.7. The highest BCUT2D eigenvalue weighted by Crippen LogP contribution is 2.34. The maximum Gasteiger partial charge on any atom is 0.271 e. The molecule has 0 fully saturated rings. The molecular weight excluding hydrogens is 426 g/mol. The number of nitrogens with zero attached hydrogens (tertiary/aromatic N) is 2. The fraction of sp³-hybridized carbons (Fsp3) is 0.350. The Morgan fingerprint density at radius 1 is 1.19 bits per heavy atom. The number of fused-ring (bicyclic) bond motifs is 1. The van der Waals surface area contributed by atoms with Crippen molar-refractivity contribution in [3.63, 3.8) is 0 Å². The third-order valence-corrected chi connectivity index (χ3v) is 5.95. The summed E-state index contributed by atoms with van der Waals surface area (Å²) in [5, 5.41) is 13.9. The highest BCUT2D eigenvalue weighted by molar-refractivity contribution is 7.92. The molecule has 1 heterocycles. The lowest BCUT2D eigenvalue weighted by molar-refractivity contribution is -0.384. The lowest BCUT2D eigenvalue weighted by Crippen LogP contribution is -2.47. The highest BCUT2D eigenvalue weighted by Gasteiger charge is 2.33. The molecule has 0 bridgehead atoms. The van der Waals surface area contributed by atoms with E-state index >= 15 is 0 Å². The van der Waals surface area contributed by atoms with Crippen molar-refractivity contribution in [1.29, 1.82) is 0 Å².